The van der Waals surface area contributed by atoms with E-state index in [9.17, 15) is 18.0 Å². The molecular weight excluding hydrogens is 470 g/mol. The van der Waals surface area contributed by atoms with Crippen molar-refractivity contribution in [1.29, 1.82) is 0 Å². The second-order valence-corrected chi connectivity index (χ2v) is 9.03. The van der Waals surface area contributed by atoms with E-state index in [0.29, 0.717) is 5.56 Å². The third kappa shape index (κ3) is 5.85. The standard InChI is InChI=1S/C22H18BrNO5S/c23-19-11-9-17(10-12-19)21(25)15-29-22(26)18-7-4-8-20(13-18)30(27,28)24-14-16-5-2-1-3-6-16/h1-13,24H,14-15H2. The average molecular weight is 488 g/mol. The van der Waals surface area contributed by atoms with Crippen molar-refractivity contribution in [3.05, 3.63) is 100 Å². The van der Waals surface area contributed by atoms with E-state index < -0.39 is 22.6 Å². The Bertz CT molecular complexity index is 1150. The molecule has 0 atom stereocenters. The highest BCUT2D eigenvalue weighted by atomic mass is 79.9. The highest BCUT2D eigenvalue weighted by Gasteiger charge is 2.18. The molecule has 154 valence electrons. The Kier molecular flexibility index (Phi) is 7.15. The first kappa shape index (κ1) is 21.9. The van der Waals surface area contributed by atoms with Crippen molar-refractivity contribution in [2.45, 2.75) is 11.4 Å². The number of esters is 1. The molecule has 0 spiro atoms. The monoisotopic (exact) mass is 487 g/mol. The number of benzene rings is 3. The summed E-state index contributed by atoms with van der Waals surface area (Å²) < 4.78 is 33.5. The SMILES string of the molecule is O=C(COC(=O)c1cccc(S(=O)(=O)NCc2ccccc2)c1)c1ccc(Br)cc1. The number of carbonyl (C=O) groups is 2. The van der Waals surface area contributed by atoms with Gasteiger partial charge in [-0.2, -0.15) is 0 Å². The molecule has 0 amide bonds. The Balaban J connectivity index is 1.64. The van der Waals surface area contributed by atoms with Crippen LogP contribution in [0.5, 0.6) is 0 Å². The van der Waals surface area contributed by atoms with Crippen LogP contribution in [0.1, 0.15) is 26.3 Å². The number of hydrogen-bond donors (Lipinski definition) is 1. The maximum absolute atomic E-state index is 12.5. The summed E-state index contributed by atoms with van der Waals surface area (Å²) in [5.74, 6) is -1.13. The number of carbonyl (C=O) groups excluding carboxylic acids is 2. The third-order valence-electron chi connectivity index (χ3n) is 4.19. The smallest absolute Gasteiger partial charge is 0.338 e. The number of ether oxygens (including phenoxy) is 1. The first-order valence-electron chi connectivity index (χ1n) is 8.95. The van der Waals surface area contributed by atoms with Gasteiger partial charge in [-0.25, -0.2) is 17.9 Å². The Hall–Kier alpha value is -2.81. The number of halogens is 1. The number of rotatable bonds is 8. The van der Waals surface area contributed by atoms with Crippen molar-refractivity contribution in [2.24, 2.45) is 0 Å². The molecule has 0 saturated heterocycles. The largest absolute Gasteiger partial charge is 0.454 e. The van der Waals surface area contributed by atoms with Crippen LogP contribution < -0.4 is 4.72 Å². The van der Waals surface area contributed by atoms with Crippen molar-refractivity contribution < 1.29 is 22.7 Å². The summed E-state index contributed by atoms with van der Waals surface area (Å²) in [5.41, 5.74) is 1.26. The van der Waals surface area contributed by atoms with Crippen LogP contribution in [0.2, 0.25) is 0 Å². The summed E-state index contributed by atoms with van der Waals surface area (Å²) in [5, 5.41) is 0. The quantitative estimate of drug-likeness (QED) is 0.383. The van der Waals surface area contributed by atoms with Crippen LogP contribution in [-0.4, -0.2) is 26.8 Å². The van der Waals surface area contributed by atoms with Crippen molar-refractivity contribution in [2.75, 3.05) is 6.61 Å². The summed E-state index contributed by atoms with van der Waals surface area (Å²) in [4.78, 5) is 24.4. The second-order valence-electron chi connectivity index (χ2n) is 6.34. The van der Waals surface area contributed by atoms with Gasteiger partial charge in [0.25, 0.3) is 0 Å². The molecule has 0 radical (unpaired) electrons. The van der Waals surface area contributed by atoms with Crippen LogP contribution in [0, 0.1) is 0 Å². The molecule has 0 fully saturated rings. The van der Waals surface area contributed by atoms with Gasteiger partial charge in [0.05, 0.1) is 10.5 Å². The fraction of sp³-hybridized carbons (Fsp3) is 0.0909. The molecule has 3 rings (SSSR count). The third-order valence-corrected chi connectivity index (χ3v) is 6.12. The van der Waals surface area contributed by atoms with E-state index >= 15 is 0 Å². The highest BCUT2D eigenvalue weighted by molar-refractivity contribution is 9.10. The molecule has 3 aromatic carbocycles. The van der Waals surface area contributed by atoms with Gasteiger partial charge >= 0.3 is 5.97 Å². The molecule has 0 saturated carbocycles. The lowest BCUT2D eigenvalue weighted by atomic mass is 10.1. The Morgan fingerprint density at radius 2 is 1.57 bits per heavy atom. The number of nitrogens with one attached hydrogen (secondary N) is 1. The van der Waals surface area contributed by atoms with Gasteiger partial charge in [0.15, 0.2) is 12.4 Å². The van der Waals surface area contributed by atoms with Gasteiger partial charge in [-0.15, -0.1) is 0 Å². The molecule has 0 bridgehead atoms. The lowest BCUT2D eigenvalue weighted by Crippen LogP contribution is -2.23. The minimum absolute atomic E-state index is 0.0428. The normalized spacial score (nSPS) is 11.1. The zero-order chi connectivity index (χ0) is 21.6. The van der Waals surface area contributed by atoms with E-state index in [1.165, 1.54) is 24.3 Å². The summed E-state index contributed by atoms with van der Waals surface area (Å²) in [6.07, 6.45) is 0. The molecule has 0 aliphatic heterocycles. The second kappa shape index (κ2) is 9.80. The molecule has 30 heavy (non-hydrogen) atoms. The summed E-state index contributed by atoms with van der Waals surface area (Å²) in [7, 11) is -3.82. The van der Waals surface area contributed by atoms with Crippen molar-refractivity contribution in [3.63, 3.8) is 0 Å². The summed E-state index contributed by atoms with van der Waals surface area (Å²) in [6, 6.07) is 21.2. The first-order valence-corrected chi connectivity index (χ1v) is 11.2. The van der Waals surface area contributed by atoms with E-state index in [1.54, 1.807) is 36.4 Å². The molecule has 0 aliphatic carbocycles. The van der Waals surface area contributed by atoms with Crippen molar-refractivity contribution >= 4 is 37.7 Å². The van der Waals surface area contributed by atoms with Crippen LogP contribution in [0.3, 0.4) is 0 Å². The van der Waals surface area contributed by atoms with Crippen LogP contribution >= 0.6 is 15.9 Å². The maximum atomic E-state index is 12.5. The topological polar surface area (TPSA) is 89.5 Å². The Labute approximate surface area is 183 Å². The van der Waals surface area contributed by atoms with E-state index in [2.05, 4.69) is 20.7 Å². The fourth-order valence-electron chi connectivity index (χ4n) is 2.58. The van der Waals surface area contributed by atoms with Crippen molar-refractivity contribution in [3.8, 4) is 0 Å². The molecule has 0 aromatic heterocycles. The van der Waals surface area contributed by atoms with E-state index in [-0.39, 0.29) is 22.8 Å². The zero-order valence-electron chi connectivity index (χ0n) is 15.7. The zero-order valence-corrected chi connectivity index (χ0v) is 18.1. The van der Waals surface area contributed by atoms with E-state index in [4.69, 9.17) is 4.74 Å². The molecule has 1 N–H and O–H groups in total. The lowest BCUT2D eigenvalue weighted by molar-refractivity contribution is 0.0474. The van der Waals surface area contributed by atoms with E-state index in [1.807, 2.05) is 18.2 Å². The van der Waals surface area contributed by atoms with Gasteiger partial charge in [-0.1, -0.05) is 64.5 Å². The predicted octanol–water partition coefficient (Wildman–Crippen LogP) is 3.97. The molecule has 0 aliphatic rings. The minimum atomic E-state index is -3.82. The molecule has 0 unspecified atom stereocenters. The molecule has 6 nitrogen and oxygen atoms in total. The van der Waals surface area contributed by atoms with Crippen LogP contribution in [0.25, 0.3) is 0 Å². The molecule has 8 heteroatoms. The van der Waals surface area contributed by atoms with Gasteiger partial charge in [-0.3, -0.25) is 4.79 Å². The molecular formula is C22H18BrNO5S. The highest BCUT2D eigenvalue weighted by Crippen LogP contribution is 2.14. The summed E-state index contributed by atoms with van der Waals surface area (Å²) in [6.45, 7) is -0.316. The lowest BCUT2D eigenvalue weighted by Gasteiger charge is -2.09. The maximum Gasteiger partial charge on any atom is 0.338 e. The Morgan fingerprint density at radius 1 is 0.867 bits per heavy atom. The predicted molar refractivity (Wildman–Crippen MR) is 116 cm³/mol. The number of ketones is 1. The van der Waals surface area contributed by atoms with Gasteiger partial charge < -0.3 is 4.74 Å². The van der Waals surface area contributed by atoms with Gasteiger partial charge in [-0.05, 0) is 35.9 Å². The minimum Gasteiger partial charge on any atom is -0.454 e. The van der Waals surface area contributed by atoms with E-state index in [0.717, 1.165) is 10.0 Å². The number of sulfonamides is 1. The number of hydrogen-bond acceptors (Lipinski definition) is 5. The first-order chi connectivity index (χ1) is 14.3. The van der Waals surface area contributed by atoms with Crippen LogP contribution in [0.15, 0.2) is 88.2 Å². The average Bonchev–Trinajstić information content (AvgIpc) is 2.77. The molecule has 3 aromatic rings. The Morgan fingerprint density at radius 3 is 2.27 bits per heavy atom. The van der Waals surface area contributed by atoms with Crippen molar-refractivity contribution in [1.82, 2.24) is 4.72 Å². The van der Waals surface area contributed by atoms with Crippen LogP contribution in [0.4, 0.5) is 0 Å². The van der Waals surface area contributed by atoms with Gasteiger partial charge in [0, 0.05) is 16.6 Å². The fourth-order valence-corrected chi connectivity index (χ4v) is 3.91. The van der Waals surface area contributed by atoms with Crippen LogP contribution in [-0.2, 0) is 21.3 Å². The van der Waals surface area contributed by atoms with Gasteiger partial charge in [0.2, 0.25) is 10.0 Å². The van der Waals surface area contributed by atoms with Gasteiger partial charge in [0.1, 0.15) is 0 Å². The molecule has 0 heterocycles. The number of Topliss-reactive ketones (excluding diaryl/α,β-unsaturated/α-hetero) is 1. The summed E-state index contributed by atoms with van der Waals surface area (Å²) >= 11 is 3.28.